The van der Waals surface area contributed by atoms with E-state index < -0.39 is 23.3 Å². The number of hydrogen-bond donors (Lipinski definition) is 2. The van der Waals surface area contributed by atoms with Crippen LogP contribution in [0, 0.1) is 24.0 Å². The van der Waals surface area contributed by atoms with Gasteiger partial charge in [-0.1, -0.05) is 12.0 Å². The van der Waals surface area contributed by atoms with Gasteiger partial charge in [0.25, 0.3) is 0 Å². The minimum absolute atomic E-state index is 0.0179. The van der Waals surface area contributed by atoms with Crippen molar-refractivity contribution in [3.63, 3.8) is 0 Å². The third kappa shape index (κ3) is 4.07. The van der Waals surface area contributed by atoms with Crippen LogP contribution in [-0.4, -0.2) is 87.6 Å². The molecule has 0 saturated carbocycles. The normalized spacial score (nSPS) is 28.2. The quantitative estimate of drug-likeness (QED) is 0.318. The smallest absolute Gasteiger partial charge is 0.319 e. The Morgan fingerprint density at radius 3 is 2.91 bits per heavy atom. The van der Waals surface area contributed by atoms with Gasteiger partial charge in [0, 0.05) is 42.5 Å². The van der Waals surface area contributed by atoms with Crippen LogP contribution in [0.5, 0.6) is 17.6 Å². The Balaban J connectivity index is 1.25. The second-order valence-electron chi connectivity index (χ2n) is 13.2. The summed E-state index contributed by atoms with van der Waals surface area (Å²) in [5, 5.41) is 15.3. The molecular weight excluding hydrogens is 597 g/mol. The van der Waals surface area contributed by atoms with Gasteiger partial charge < -0.3 is 24.8 Å². The SMILES string of the molecule is C#Cc1c(F)ccc2cc(O)cc(-c3nc4c5c(nc(OC[C@@]67CCCN6C[C@@H](F)C7)nc5c3F)N3C[C@H]5CC[C@H](N5)[C@@H]3CO4)c12. The number of hydrogen-bond acceptors (Lipinski definition) is 9. The Morgan fingerprint density at radius 1 is 1.15 bits per heavy atom. The number of aromatic hydroxyl groups is 1. The van der Waals surface area contributed by atoms with Crippen molar-refractivity contribution in [1.82, 2.24) is 25.2 Å². The number of aromatic nitrogens is 3. The predicted octanol–water partition coefficient (Wildman–Crippen LogP) is 4.47. The number of nitrogens with zero attached hydrogens (tertiary/aromatic N) is 5. The summed E-state index contributed by atoms with van der Waals surface area (Å²) in [7, 11) is 0. The highest BCUT2D eigenvalue weighted by Crippen LogP contribution is 2.45. The molecule has 4 fully saturated rings. The van der Waals surface area contributed by atoms with Crippen LogP contribution in [0.4, 0.5) is 19.0 Å². The first-order chi connectivity index (χ1) is 22.3. The largest absolute Gasteiger partial charge is 0.508 e. The van der Waals surface area contributed by atoms with Gasteiger partial charge in [-0.25, -0.2) is 18.2 Å². The number of piperazine rings is 1. The predicted molar refractivity (Wildman–Crippen MR) is 165 cm³/mol. The molecule has 7 heterocycles. The van der Waals surface area contributed by atoms with Crippen molar-refractivity contribution in [1.29, 1.82) is 0 Å². The molecule has 12 heteroatoms. The van der Waals surface area contributed by atoms with Crippen LogP contribution in [0.1, 0.15) is 37.7 Å². The molecule has 5 atom stereocenters. The molecule has 5 aliphatic rings. The summed E-state index contributed by atoms with van der Waals surface area (Å²) >= 11 is 0. The van der Waals surface area contributed by atoms with Crippen molar-refractivity contribution in [3.05, 3.63) is 41.5 Å². The van der Waals surface area contributed by atoms with E-state index in [0.717, 1.165) is 32.2 Å². The number of phenolic OH excluding ortho intramolecular Hbond substituents is 1. The highest BCUT2D eigenvalue weighted by atomic mass is 19.1. The molecule has 0 aliphatic carbocycles. The average molecular weight is 629 g/mol. The fourth-order valence-corrected chi connectivity index (χ4v) is 8.56. The summed E-state index contributed by atoms with van der Waals surface area (Å²) in [5.74, 6) is 1.35. The summed E-state index contributed by atoms with van der Waals surface area (Å²) in [5.41, 5.74) is -0.688. The summed E-state index contributed by atoms with van der Waals surface area (Å²) in [6, 6.07) is 5.72. The van der Waals surface area contributed by atoms with Gasteiger partial charge in [0.1, 0.15) is 53.4 Å². The molecule has 0 amide bonds. The molecule has 0 spiro atoms. The van der Waals surface area contributed by atoms with Crippen molar-refractivity contribution in [2.75, 3.05) is 37.7 Å². The van der Waals surface area contributed by atoms with E-state index in [4.69, 9.17) is 20.9 Å². The number of pyridine rings is 1. The number of ether oxygens (including phenoxy) is 2. The number of terminal acetylenes is 1. The lowest BCUT2D eigenvalue weighted by atomic mass is 9.95. The van der Waals surface area contributed by atoms with Gasteiger partial charge in [0.2, 0.25) is 5.88 Å². The minimum atomic E-state index is -0.927. The zero-order chi connectivity index (χ0) is 31.3. The molecule has 2 aromatic heterocycles. The topological polar surface area (TPSA) is 95.9 Å². The third-order valence-electron chi connectivity index (χ3n) is 10.6. The van der Waals surface area contributed by atoms with Crippen LogP contribution < -0.4 is 19.7 Å². The molecule has 9 nitrogen and oxygen atoms in total. The van der Waals surface area contributed by atoms with Gasteiger partial charge in [-0.2, -0.15) is 9.97 Å². The molecule has 236 valence electrons. The number of anilines is 1. The second-order valence-corrected chi connectivity index (χ2v) is 13.2. The summed E-state index contributed by atoms with van der Waals surface area (Å²) < 4.78 is 59.1. The summed E-state index contributed by atoms with van der Waals surface area (Å²) in [6.07, 6.45) is 8.89. The van der Waals surface area contributed by atoms with E-state index in [-0.39, 0.29) is 76.7 Å². The molecule has 2 N–H and O–H groups in total. The number of phenols is 1. The second kappa shape index (κ2) is 10.1. The lowest BCUT2D eigenvalue weighted by Gasteiger charge is -2.40. The Bertz CT molecular complexity index is 1990. The zero-order valence-corrected chi connectivity index (χ0v) is 24.9. The maximum Gasteiger partial charge on any atom is 0.319 e. The molecule has 0 unspecified atom stereocenters. The van der Waals surface area contributed by atoms with E-state index in [9.17, 15) is 13.9 Å². The Labute approximate surface area is 262 Å². The highest BCUT2D eigenvalue weighted by molar-refractivity contribution is 6.04. The molecular formula is C34H31F3N6O3. The van der Waals surface area contributed by atoms with Crippen molar-refractivity contribution >= 4 is 27.5 Å². The Hall–Kier alpha value is -4.34. The van der Waals surface area contributed by atoms with Gasteiger partial charge in [0.05, 0.1) is 17.1 Å². The number of fused-ring (bicyclic) bond motifs is 7. The molecule has 4 aromatic rings. The Morgan fingerprint density at radius 2 is 2.04 bits per heavy atom. The van der Waals surface area contributed by atoms with E-state index in [2.05, 4.69) is 31.0 Å². The van der Waals surface area contributed by atoms with Gasteiger partial charge in [-0.3, -0.25) is 4.90 Å². The molecule has 46 heavy (non-hydrogen) atoms. The van der Waals surface area contributed by atoms with Crippen LogP contribution in [0.3, 0.4) is 0 Å². The maximum atomic E-state index is 17.0. The average Bonchev–Trinajstić information content (AvgIpc) is 3.68. The van der Waals surface area contributed by atoms with E-state index in [1.165, 1.54) is 24.3 Å². The number of nitrogens with one attached hydrogen (secondary N) is 1. The number of halogens is 3. The van der Waals surface area contributed by atoms with Crippen LogP contribution in [0.15, 0.2) is 24.3 Å². The van der Waals surface area contributed by atoms with E-state index in [1.54, 1.807) is 0 Å². The Kier molecular flexibility index (Phi) is 6.12. The van der Waals surface area contributed by atoms with Crippen LogP contribution in [0.2, 0.25) is 0 Å². The third-order valence-corrected chi connectivity index (χ3v) is 10.6. The fraction of sp³-hybridized carbons (Fsp3) is 0.441. The first-order valence-electron chi connectivity index (χ1n) is 15.8. The standard InChI is InChI=1S/C34H31F3N6O3/c1-2-21-23(36)6-4-17-10-20(44)11-22(26(17)21)29-28(37)30-27-31(43-14-19-5-7-24(38-19)25(43)15-45-32(27)39-29)41-33(40-30)46-16-34-8-3-9-42(34)13-18(35)12-34/h1,4,6,10-11,18-19,24-25,38,44H,3,5,7-9,12-16H2/t18-,19+,24-,25-,34-/m0/s1. The van der Waals surface area contributed by atoms with Crippen molar-refractivity contribution < 1.29 is 27.8 Å². The van der Waals surface area contributed by atoms with Crippen molar-refractivity contribution in [3.8, 4) is 41.2 Å². The number of benzene rings is 2. The number of alkyl halides is 1. The van der Waals surface area contributed by atoms with Gasteiger partial charge >= 0.3 is 6.01 Å². The fourth-order valence-electron chi connectivity index (χ4n) is 8.56. The monoisotopic (exact) mass is 628 g/mol. The molecule has 9 rings (SSSR count). The molecule has 4 saturated heterocycles. The number of rotatable bonds is 4. The van der Waals surface area contributed by atoms with Crippen LogP contribution >= 0.6 is 0 Å². The zero-order valence-electron chi connectivity index (χ0n) is 24.9. The maximum absolute atomic E-state index is 17.0. The van der Waals surface area contributed by atoms with E-state index in [1.807, 2.05) is 0 Å². The van der Waals surface area contributed by atoms with Crippen LogP contribution in [-0.2, 0) is 0 Å². The van der Waals surface area contributed by atoms with Gasteiger partial charge in [-0.05, 0) is 55.8 Å². The summed E-state index contributed by atoms with van der Waals surface area (Å²) in [4.78, 5) is 18.4. The van der Waals surface area contributed by atoms with Crippen LogP contribution in [0.25, 0.3) is 32.9 Å². The lowest BCUT2D eigenvalue weighted by molar-refractivity contribution is 0.107. The first-order valence-corrected chi connectivity index (χ1v) is 15.8. The highest BCUT2D eigenvalue weighted by Gasteiger charge is 2.50. The molecule has 0 radical (unpaired) electrons. The molecule has 2 bridgehead atoms. The van der Waals surface area contributed by atoms with E-state index >= 15 is 4.39 Å². The molecule has 2 aromatic carbocycles. The van der Waals surface area contributed by atoms with Gasteiger partial charge in [0.15, 0.2) is 5.82 Å². The molecule has 5 aliphatic heterocycles. The lowest BCUT2D eigenvalue weighted by Crippen LogP contribution is -2.60. The minimum Gasteiger partial charge on any atom is -0.508 e. The summed E-state index contributed by atoms with van der Waals surface area (Å²) in [6.45, 7) is 2.27. The van der Waals surface area contributed by atoms with Crippen molar-refractivity contribution in [2.24, 2.45) is 0 Å². The van der Waals surface area contributed by atoms with E-state index in [0.29, 0.717) is 36.1 Å². The van der Waals surface area contributed by atoms with Crippen molar-refractivity contribution in [2.45, 2.75) is 61.9 Å². The van der Waals surface area contributed by atoms with Gasteiger partial charge in [-0.15, -0.1) is 6.42 Å². The first kappa shape index (κ1) is 27.9.